The van der Waals surface area contributed by atoms with Crippen molar-refractivity contribution in [3.05, 3.63) is 133 Å². The van der Waals surface area contributed by atoms with Crippen LogP contribution in [0.25, 0.3) is 22.5 Å². The second kappa shape index (κ2) is 16.9. The highest BCUT2D eigenvalue weighted by Crippen LogP contribution is 2.26. The molecule has 8 rings (SSSR count). The van der Waals surface area contributed by atoms with Gasteiger partial charge < -0.3 is 20.1 Å². The van der Waals surface area contributed by atoms with Gasteiger partial charge in [-0.3, -0.25) is 4.79 Å². The van der Waals surface area contributed by atoms with Crippen LogP contribution in [0.4, 0.5) is 23.3 Å². The Kier molecular flexibility index (Phi) is 11.3. The number of sulfonamides is 2. The second-order valence-electron chi connectivity index (χ2n) is 13.3. The minimum Gasteiger partial charge on any atom is -0.379 e. The van der Waals surface area contributed by atoms with Gasteiger partial charge in [-0.25, -0.2) is 36.8 Å². The molecule has 4 aromatic carbocycles. The Balaban J connectivity index is 0.874. The van der Waals surface area contributed by atoms with E-state index in [9.17, 15) is 21.6 Å². The molecule has 0 radical (unpaired) electrons. The molecule has 6 aromatic rings. The van der Waals surface area contributed by atoms with Gasteiger partial charge in [-0.05, 0) is 84.9 Å². The van der Waals surface area contributed by atoms with Gasteiger partial charge >= 0.3 is 0 Å². The number of nitrogens with zero attached hydrogens (tertiary/aromatic N) is 6. The van der Waals surface area contributed by atoms with E-state index in [-0.39, 0.29) is 15.6 Å². The first-order valence-corrected chi connectivity index (χ1v) is 21.3. The first-order valence-electron chi connectivity index (χ1n) is 18.5. The average molecular weight is 819 g/mol. The quantitative estimate of drug-likeness (QED) is 0.151. The third-order valence-corrected chi connectivity index (χ3v) is 13.5. The Hall–Kier alpha value is -5.95. The molecule has 2 N–H and O–H groups in total. The summed E-state index contributed by atoms with van der Waals surface area (Å²) in [6.07, 6.45) is 3.23. The van der Waals surface area contributed by atoms with Crippen molar-refractivity contribution in [3.63, 3.8) is 0 Å². The molecular formula is C41H38N8O7S2. The van der Waals surface area contributed by atoms with E-state index in [0.717, 1.165) is 11.1 Å². The van der Waals surface area contributed by atoms with E-state index >= 15 is 0 Å². The Bertz CT molecular complexity index is 2440. The monoisotopic (exact) mass is 818 g/mol. The highest BCUT2D eigenvalue weighted by molar-refractivity contribution is 7.89. The van der Waals surface area contributed by atoms with Gasteiger partial charge in [0.1, 0.15) is 0 Å². The van der Waals surface area contributed by atoms with Crippen molar-refractivity contribution in [1.82, 2.24) is 28.5 Å². The maximum atomic E-state index is 13.4. The number of morpholine rings is 2. The van der Waals surface area contributed by atoms with Crippen molar-refractivity contribution in [1.29, 1.82) is 0 Å². The standard InChI is InChI=1S/C41H38N8O7S2/c50-39(31-1-9-33(10-2-31)44-40-42-19-17-37(46-40)29-5-13-35(14-6-29)57(51,52)48-21-25-55-26-22-48)32-3-11-34(12-4-32)45-41-43-20-18-38(47-41)30-7-15-36(16-8-30)58(53,54)49-23-27-56-28-24-49/h1-20H,21-28H2,(H,42,44,46)(H,43,45,47). The predicted octanol–water partition coefficient (Wildman–Crippen LogP) is 5.36. The minimum atomic E-state index is -3.61. The largest absolute Gasteiger partial charge is 0.379 e. The van der Waals surface area contributed by atoms with Crippen LogP contribution in [0.5, 0.6) is 0 Å². The Morgan fingerprint density at radius 1 is 0.500 bits per heavy atom. The summed E-state index contributed by atoms with van der Waals surface area (Å²) in [7, 11) is -7.21. The number of ether oxygens (including phenoxy) is 2. The summed E-state index contributed by atoms with van der Waals surface area (Å²) in [6, 6.07) is 30.7. The van der Waals surface area contributed by atoms with Crippen LogP contribution in [-0.4, -0.2) is 104 Å². The number of aromatic nitrogens is 4. The Morgan fingerprint density at radius 3 is 1.22 bits per heavy atom. The summed E-state index contributed by atoms with van der Waals surface area (Å²) in [5.41, 5.74) is 5.03. The molecule has 15 nitrogen and oxygen atoms in total. The first kappa shape index (κ1) is 38.9. The van der Waals surface area contributed by atoms with Crippen molar-refractivity contribution >= 4 is 49.1 Å². The maximum Gasteiger partial charge on any atom is 0.243 e. The van der Waals surface area contributed by atoms with E-state index in [2.05, 4.69) is 30.6 Å². The number of anilines is 4. The van der Waals surface area contributed by atoms with Crippen LogP contribution in [0.3, 0.4) is 0 Å². The molecule has 0 amide bonds. The molecule has 0 atom stereocenters. The van der Waals surface area contributed by atoms with Gasteiger partial charge in [0, 0.05) is 72.2 Å². The molecule has 17 heteroatoms. The zero-order chi connectivity index (χ0) is 40.1. The van der Waals surface area contributed by atoms with E-state index < -0.39 is 20.0 Å². The van der Waals surface area contributed by atoms with E-state index in [1.807, 2.05) is 0 Å². The van der Waals surface area contributed by atoms with Gasteiger partial charge in [0.05, 0.1) is 47.6 Å². The van der Waals surface area contributed by atoms with Gasteiger partial charge in [0.25, 0.3) is 0 Å². The summed E-state index contributed by atoms with van der Waals surface area (Å²) >= 11 is 0. The van der Waals surface area contributed by atoms with E-state index in [1.54, 1.807) is 122 Å². The lowest BCUT2D eigenvalue weighted by molar-refractivity contribution is 0.0730. The fraction of sp³-hybridized carbons (Fsp3) is 0.195. The molecule has 2 aliphatic heterocycles. The van der Waals surface area contributed by atoms with Crippen LogP contribution in [0.1, 0.15) is 15.9 Å². The number of nitrogens with one attached hydrogen (secondary N) is 2. The molecule has 0 aliphatic carbocycles. The second-order valence-corrected chi connectivity index (χ2v) is 17.2. The number of carbonyl (C=O) groups excluding carboxylic acids is 1. The number of hydrogen-bond donors (Lipinski definition) is 2. The summed E-state index contributed by atoms with van der Waals surface area (Å²) in [5, 5.41) is 6.33. The lowest BCUT2D eigenvalue weighted by Gasteiger charge is -2.26. The topological polar surface area (TPSA) is 186 Å². The van der Waals surface area contributed by atoms with Gasteiger partial charge in [-0.2, -0.15) is 8.61 Å². The highest BCUT2D eigenvalue weighted by atomic mass is 32.2. The van der Waals surface area contributed by atoms with Crippen LogP contribution in [-0.2, 0) is 29.5 Å². The van der Waals surface area contributed by atoms with E-state index in [1.165, 1.54) is 8.61 Å². The molecule has 58 heavy (non-hydrogen) atoms. The van der Waals surface area contributed by atoms with Crippen molar-refractivity contribution < 1.29 is 31.1 Å². The summed E-state index contributed by atoms with van der Waals surface area (Å²) in [5.74, 6) is 0.520. The molecule has 2 aliphatic rings. The van der Waals surface area contributed by atoms with Crippen LogP contribution < -0.4 is 10.6 Å². The molecule has 2 saturated heterocycles. The van der Waals surface area contributed by atoms with Crippen molar-refractivity contribution in [2.45, 2.75) is 9.79 Å². The zero-order valence-corrected chi connectivity index (χ0v) is 32.7. The third kappa shape index (κ3) is 8.64. The van der Waals surface area contributed by atoms with Crippen LogP contribution in [0.2, 0.25) is 0 Å². The van der Waals surface area contributed by atoms with Crippen LogP contribution >= 0.6 is 0 Å². The molecule has 0 bridgehead atoms. The highest BCUT2D eigenvalue weighted by Gasteiger charge is 2.27. The molecule has 4 heterocycles. The molecule has 2 fully saturated rings. The van der Waals surface area contributed by atoms with Crippen LogP contribution in [0.15, 0.2) is 131 Å². The fourth-order valence-electron chi connectivity index (χ4n) is 6.46. The van der Waals surface area contributed by atoms with E-state index in [4.69, 9.17) is 9.47 Å². The SMILES string of the molecule is O=C(c1ccc(Nc2nccc(-c3ccc(S(=O)(=O)N4CCOCC4)cc3)n2)cc1)c1ccc(Nc2nccc(-c3ccc(S(=O)(=O)N4CCOCC4)cc3)n2)cc1. The van der Waals surface area contributed by atoms with Gasteiger partial charge in [0.15, 0.2) is 5.78 Å². The summed E-state index contributed by atoms with van der Waals surface area (Å²) in [4.78, 5) is 31.6. The lowest BCUT2D eigenvalue weighted by Crippen LogP contribution is -2.40. The fourth-order valence-corrected chi connectivity index (χ4v) is 9.28. The normalized spacial score (nSPS) is 15.4. The smallest absolute Gasteiger partial charge is 0.243 e. The third-order valence-electron chi connectivity index (χ3n) is 9.63. The van der Waals surface area contributed by atoms with Crippen LogP contribution in [0, 0.1) is 0 Å². The average Bonchev–Trinajstić information content (AvgIpc) is 3.27. The summed E-state index contributed by atoms with van der Waals surface area (Å²) < 4.78 is 65.5. The van der Waals surface area contributed by atoms with E-state index in [0.29, 0.717) is 98.4 Å². The number of ketones is 1. The first-order chi connectivity index (χ1) is 28.1. The van der Waals surface area contributed by atoms with Crippen molar-refractivity contribution in [3.8, 4) is 22.5 Å². The molecular weight excluding hydrogens is 781 g/mol. The number of rotatable bonds is 12. The Labute approximate surface area is 335 Å². The number of carbonyl (C=O) groups is 1. The van der Waals surface area contributed by atoms with Crippen molar-refractivity contribution in [2.75, 3.05) is 63.2 Å². The molecule has 0 unspecified atom stereocenters. The number of hydrogen-bond acceptors (Lipinski definition) is 13. The number of benzene rings is 4. The lowest BCUT2D eigenvalue weighted by atomic mass is 10.0. The predicted molar refractivity (Wildman–Crippen MR) is 217 cm³/mol. The zero-order valence-electron chi connectivity index (χ0n) is 31.1. The summed E-state index contributed by atoms with van der Waals surface area (Å²) in [6.45, 7) is 2.82. The van der Waals surface area contributed by atoms with Gasteiger partial charge in [0.2, 0.25) is 31.9 Å². The molecule has 2 aromatic heterocycles. The van der Waals surface area contributed by atoms with Gasteiger partial charge in [-0.1, -0.05) is 24.3 Å². The molecule has 0 spiro atoms. The Morgan fingerprint density at radius 2 is 0.862 bits per heavy atom. The van der Waals surface area contributed by atoms with Gasteiger partial charge in [-0.15, -0.1) is 0 Å². The van der Waals surface area contributed by atoms with Crippen molar-refractivity contribution in [2.24, 2.45) is 0 Å². The minimum absolute atomic E-state index is 0.159. The molecule has 0 saturated carbocycles. The molecule has 296 valence electrons. The maximum absolute atomic E-state index is 13.4.